The normalized spacial score (nSPS) is 12.0. The van der Waals surface area contributed by atoms with Crippen LogP contribution in [0.2, 0.25) is 0 Å². The molecule has 0 saturated carbocycles. The van der Waals surface area contributed by atoms with E-state index in [2.05, 4.69) is 19.2 Å². The van der Waals surface area contributed by atoms with Crippen molar-refractivity contribution in [3.63, 3.8) is 0 Å². The summed E-state index contributed by atoms with van der Waals surface area (Å²) in [6.07, 6.45) is 15.4. The lowest BCUT2D eigenvalue weighted by atomic mass is 9.95. The molecule has 0 aliphatic rings. The van der Waals surface area contributed by atoms with Crippen molar-refractivity contribution in [3.05, 3.63) is 0 Å². The Morgan fingerprint density at radius 3 is 2.06 bits per heavy atom. The zero-order chi connectivity index (χ0) is 23.0. The van der Waals surface area contributed by atoms with Crippen molar-refractivity contribution < 1.29 is 14.3 Å². The second-order valence-electron chi connectivity index (χ2n) is 8.24. The molecule has 3 N–H and O–H groups in total. The molecule has 0 aromatic heterocycles. The molecule has 0 saturated heterocycles. The molecule has 31 heavy (non-hydrogen) atoms. The number of carbonyl (C=O) groups is 2. The Hall–Kier alpha value is -0.400. The van der Waals surface area contributed by atoms with Gasteiger partial charge in [0.2, 0.25) is 5.91 Å². The van der Waals surface area contributed by atoms with Gasteiger partial charge in [-0.1, -0.05) is 99.6 Å². The van der Waals surface area contributed by atoms with Crippen LogP contribution in [0.5, 0.6) is 0 Å². The molecule has 184 valence electrons. The van der Waals surface area contributed by atoms with Gasteiger partial charge in [0.05, 0.1) is 13.0 Å². The SMILES string of the molecule is CCCCCCCCC(CCCCCC)COC(=O)CCC(=O)NCCSSCCN. The molecule has 0 heterocycles. The molecule has 0 radical (unpaired) electrons. The molecule has 1 unspecified atom stereocenters. The van der Waals surface area contributed by atoms with Crippen LogP contribution in [0.4, 0.5) is 0 Å². The van der Waals surface area contributed by atoms with Gasteiger partial charge in [-0.2, -0.15) is 0 Å². The fourth-order valence-electron chi connectivity index (χ4n) is 3.37. The van der Waals surface area contributed by atoms with Gasteiger partial charge in [0.1, 0.15) is 0 Å². The molecule has 1 amide bonds. The van der Waals surface area contributed by atoms with Gasteiger partial charge < -0.3 is 15.8 Å². The zero-order valence-corrected chi connectivity index (χ0v) is 21.8. The van der Waals surface area contributed by atoms with Crippen LogP contribution in [0.1, 0.15) is 104 Å². The molecule has 1 atom stereocenters. The Morgan fingerprint density at radius 1 is 0.839 bits per heavy atom. The first-order valence-corrected chi connectivity index (χ1v) is 15.0. The van der Waals surface area contributed by atoms with Crippen LogP contribution in [0.15, 0.2) is 0 Å². The fourth-order valence-corrected chi connectivity index (χ4v) is 5.13. The predicted octanol–water partition coefficient (Wildman–Crippen LogP) is 6.10. The van der Waals surface area contributed by atoms with Crippen LogP contribution >= 0.6 is 21.6 Å². The summed E-state index contributed by atoms with van der Waals surface area (Å²) in [5, 5.41) is 2.86. The summed E-state index contributed by atoms with van der Waals surface area (Å²) < 4.78 is 5.54. The van der Waals surface area contributed by atoms with Gasteiger partial charge in [-0.25, -0.2) is 0 Å². The van der Waals surface area contributed by atoms with Crippen LogP contribution in [0, 0.1) is 5.92 Å². The lowest BCUT2D eigenvalue weighted by Crippen LogP contribution is -2.26. The molecule has 0 rings (SSSR count). The minimum Gasteiger partial charge on any atom is -0.465 e. The molecular weight excluding hydrogens is 428 g/mol. The number of unbranched alkanes of at least 4 members (excludes halogenated alkanes) is 8. The van der Waals surface area contributed by atoms with Crippen LogP contribution in [-0.2, 0) is 14.3 Å². The van der Waals surface area contributed by atoms with Crippen molar-refractivity contribution in [2.24, 2.45) is 11.7 Å². The summed E-state index contributed by atoms with van der Waals surface area (Å²) in [5.41, 5.74) is 5.44. The van der Waals surface area contributed by atoms with Gasteiger partial charge in [0.15, 0.2) is 0 Å². The summed E-state index contributed by atoms with van der Waals surface area (Å²) >= 11 is 0. The number of carbonyl (C=O) groups excluding carboxylic acids is 2. The van der Waals surface area contributed by atoms with Crippen molar-refractivity contribution in [3.8, 4) is 0 Å². The Balaban J connectivity index is 3.98. The monoisotopic (exact) mass is 476 g/mol. The van der Waals surface area contributed by atoms with Gasteiger partial charge in [0, 0.05) is 31.0 Å². The third-order valence-electron chi connectivity index (χ3n) is 5.26. The van der Waals surface area contributed by atoms with Crippen molar-refractivity contribution in [1.82, 2.24) is 5.32 Å². The van der Waals surface area contributed by atoms with Crippen molar-refractivity contribution in [2.75, 3.05) is 31.2 Å². The molecule has 0 aliphatic carbocycles. The molecule has 0 fully saturated rings. The largest absolute Gasteiger partial charge is 0.465 e. The number of amides is 1. The van der Waals surface area contributed by atoms with Gasteiger partial charge in [0.25, 0.3) is 0 Å². The van der Waals surface area contributed by atoms with Gasteiger partial charge in [-0.05, 0) is 18.8 Å². The highest BCUT2D eigenvalue weighted by molar-refractivity contribution is 8.76. The van der Waals surface area contributed by atoms with E-state index in [1.807, 2.05) is 0 Å². The molecule has 7 heteroatoms. The summed E-state index contributed by atoms with van der Waals surface area (Å²) in [5.74, 6) is 1.90. The maximum Gasteiger partial charge on any atom is 0.306 e. The van der Waals surface area contributed by atoms with E-state index in [1.54, 1.807) is 21.6 Å². The van der Waals surface area contributed by atoms with E-state index >= 15 is 0 Å². The summed E-state index contributed by atoms with van der Waals surface area (Å²) in [6, 6.07) is 0. The van der Waals surface area contributed by atoms with Crippen LogP contribution in [-0.4, -0.2) is 43.1 Å². The van der Waals surface area contributed by atoms with Crippen LogP contribution < -0.4 is 11.1 Å². The molecule has 0 aliphatic heterocycles. The van der Waals surface area contributed by atoms with E-state index in [1.165, 1.54) is 64.2 Å². The maximum absolute atomic E-state index is 12.1. The Morgan fingerprint density at radius 2 is 1.42 bits per heavy atom. The standard InChI is InChI=1S/C24H48N2O3S2/c1-3-5-7-9-10-12-14-22(13-11-8-6-4-2)21-29-24(28)16-15-23(27)26-18-20-31-30-19-17-25/h22H,3-21,25H2,1-2H3,(H,26,27). The minimum absolute atomic E-state index is 0.0791. The molecule has 0 aromatic rings. The summed E-state index contributed by atoms with van der Waals surface area (Å²) in [6.45, 7) is 6.27. The number of nitrogens with two attached hydrogens (primary N) is 1. The first kappa shape index (κ1) is 30.6. The smallest absolute Gasteiger partial charge is 0.306 e. The lowest BCUT2D eigenvalue weighted by Gasteiger charge is -2.17. The predicted molar refractivity (Wildman–Crippen MR) is 137 cm³/mol. The molecular formula is C24H48N2O3S2. The van der Waals surface area contributed by atoms with E-state index in [4.69, 9.17) is 10.5 Å². The average molecular weight is 477 g/mol. The molecule has 0 spiro atoms. The van der Waals surface area contributed by atoms with E-state index < -0.39 is 0 Å². The van der Waals surface area contributed by atoms with Crippen molar-refractivity contribution >= 4 is 33.5 Å². The number of rotatable bonds is 23. The van der Waals surface area contributed by atoms with E-state index in [0.29, 0.717) is 25.6 Å². The van der Waals surface area contributed by atoms with E-state index in [9.17, 15) is 9.59 Å². The number of nitrogens with one attached hydrogen (secondary N) is 1. The number of esters is 1. The lowest BCUT2D eigenvalue weighted by molar-refractivity contribution is -0.146. The number of hydrogen-bond donors (Lipinski definition) is 2. The number of ether oxygens (including phenoxy) is 1. The van der Waals surface area contributed by atoms with Crippen molar-refractivity contribution in [2.45, 2.75) is 104 Å². The highest BCUT2D eigenvalue weighted by Crippen LogP contribution is 2.20. The first-order valence-electron chi connectivity index (χ1n) is 12.5. The zero-order valence-electron chi connectivity index (χ0n) is 20.1. The second-order valence-corrected chi connectivity index (χ2v) is 10.9. The van der Waals surface area contributed by atoms with Crippen molar-refractivity contribution in [1.29, 1.82) is 0 Å². The Bertz CT molecular complexity index is 426. The highest BCUT2D eigenvalue weighted by Gasteiger charge is 2.13. The fraction of sp³-hybridized carbons (Fsp3) is 0.917. The molecule has 0 aromatic carbocycles. The Kier molecular flexibility index (Phi) is 23.9. The first-order chi connectivity index (χ1) is 15.1. The molecule has 0 bridgehead atoms. The van der Waals surface area contributed by atoms with Gasteiger partial charge in [-0.3, -0.25) is 9.59 Å². The van der Waals surface area contributed by atoms with Crippen LogP contribution in [0.25, 0.3) is 0 Å². The van der Waals surface area contributed by atoms with Gasteiger partial charge in [-0.15, -0.1) is 0 Å². The quantitative estimate of drug-likeness (QED) is 0.105. The van der Waals surface area contributed by atoms with Gasteiger partial charge >= 0.3 is 5.97 Å². The topological polar surface area (TPSA) is 81.4 Å². The minimum atomic E-state index is -0.246. The maximum atomic E-state index is 12.1. The highest BCUT2D eigenvalue weighted by atomic mass is 33.1. The molecule has 5 nitrogen and oxygen atoms in total. The van der Waals surface area contributed by atoms with Crippen LogP contribution in [0.3, 0.4) is 0 Å². The summed E-state index contributed by atoms with van der Waals surface area (Å²) in [7, 11) is 3.42. The second kappa shape index (κ2) is 24.2. The Labute approximate surface area is 199 Å². The third-order valence-corrected chi connectivity index (χ3v) is 7.70. The van der Waals surface area contributed by atoms with E-state index in [0.717, 1.165) is 24.3 Å². The number of hydrogen-bond acceptors (Lipinski definition) is 6. The third kappa shape index (κ3) is 22.6. The summed E-state index contributed by atoms with van der Waals surface area (Å²) in [4.78, 5) is 24.0. The average Bonchev–Trinajstić information content (AvgIpc) is 2.77. The van der Waals surface area contributed by atoms with E-state index in [-0.39, 0.29) is 24.7 Å².